The van der Waals surface area contributed by atoms with E-state index in [2.05, 4.69) is 40.5 Å². The molecule has 1 fully saturated rings. The van der Waals surface area contributed by atoms with Crippen molar-refractivity contribution in [1.82, 2.24) is 4.90 Å². The topological polar surface area (TPSA) is 32.3 Å². The zero-order valence-electron chi connectivity index (χ0n) is 18.7. The molecule has 5 rings (SSSR count). The number of amides is 1. The molecule has 1 unspecified atom stereocenters. The average Bonchev–Trinajstić information content (AvgIpc) is 2.85. The Morgan fingerprint density at radius 2 is 1.59 bits per heavy atom. The Morgan fingerprint density at radius 3 is 2.38 bits per heavy atom. The Labute approximate surface area is 191 Å². The lowest BCUT2D eigenvalue weighted by molar-refractivity contribution is 0.102. The lowest BCUT2D eigenvalue weighted by Gasteiger charge is -2.33. The second-order valence-electron chi connectivity index (χ2n) is 9.35. The molecule has 0 radical (unpaired) electrons. The minimum Gasteiger partial charge on any atom is -0.322 e. The van der Waals surface area contributed by atoms with Crippen LogP contribution >= 0.6 is 0 Å². The fourth-order valence-corrected chi connectivity index (χ4v) is 5.22. The molecule has 3 nitrogen and oxygen atoms in total. The maximum absolute atomic E-state index is 12.8. The van der Waals surface area contributed by atoms with Gasteiger partial charge in [0.05, 0.1) is 0 Å². The molecule has 3 aromatic rings. The van der Waals surface area contributed by atoms with Gasteiger partial charge < -0.3 is 10.2 Å². The smallest absolute Gasteiger partial charge is 0.255 e. The number of aryl methyl sites for hydroxylation is 1. The van der Waals surface area contributed by atoms with Crippen molar-refractivity contribution >= 4 is 11.6 Å². The third kappa shape index (κ3) is 4.94. The largest absolute Gasteiger partial charge is 0.322 e. The Kier molecular flexibility index (Phi) is 6.36. The molecule has 1 amide bonds. The third-order valence-electron chi connectivity index (χ3n) is 7.01. The van der Waals surface area contributed by atoms with E-state index in [1.54, 1.807) is 0 Å². The summed E-state index contributed by atoms with van der Waals surface area (Å²) in [6.45, 7) is 3.80. The van der Waals surface area contributed by atoms with E-state index in [-0.39, 0.29) is 5.91 Å². The average molecular weight is 425 g/mol. The van der Waals surface area contributed by atoms with Gasteiger partial charge in [-0.15, -0.1) is 0 Å². The number of carbonyl (C=O) groups excluding carboxylic acids is 1. The van der Waals surface area contributed by atoms with Crippen molar-refractivity contribution in [2.75, 3.05) is 25.0 Å². The predicted molar refractivity (Wildman–Crippen MR) is 132 cm³/mol. The number of hydrogen-bond acceptors (Lipinski definition) is 2. The van der Waals surface area contributed by atoms with Crippen LogP contribution in [-0.2, 0) is 12.8 Å². The number of nitrogens with one attached hydrogen (secondary N) is 1. The summed E-state index contributed by atoms with van der Waals surface area (Å²) in [6, 6.07) is 24.6. The van der Waals surface area contributed by atoms with Crippen LogP contribution in [-0.4, -0.2) is 30.4 Å². The highest BCUT2D eigenvalue weighted by molar-refractivity contribution is 6.04. The molecule has 32 heavy (non-hydrogen) atoms. The van der Waals surface area contributed by atoms with E-state index in [0.29, 0.717) is 5.56 Å². The summed E-state index contributed by atoms with van der Waals surface area (Å²) in [5.41, 5.74) is 6.72. The van der Waals surface area contributed by atoms with Gasteiger partial charge in [-0.1, -0.05) is 55.0 Å². The Hall–Kier alpha value is -2.91. The Balaban J connectivity index is 1.20. The minimum absolute atomic E-state index is 0.0525. The van der Waals surface area contributed by atoms with Crippen LogP contribution in [0.15, 0.2) is 72.8 Å². The molecule has 1 aliphatic heterocycles. The maximum Gasteiger partial charge on any atom is 0.255 e. The Bertz CT molecular complexity index is 1050. The van der Waals surface area contributed by atoms with E-state index in [9.17, 15) is 4.79 Å². The standard InChI is InChI=1S/C29H32N2O/c32-29(25-13-11-24(12-14-25)23-7-3-1-4-8-23)30-28-16-15-26-19-22(9-10-27(26)20-28)21-31-17-5-2-6-18-31/h1,3-4,7-8,11-16,20,22H,2,5-6,9-10,17-19,21H2,(H,30,32). The van der Waals surface area contributed by atoms with E-state index < -0.39 is 0 Å². The van der Waals surface area contributed by atoms with Gasteiger partial charge in [-0.3, -0.25) is 4.79 Å². The van der Waals surface area contributed by atoms with Crippen molar-refractivity contribution in [2.24, 2.45) is 5.92 Å². The van der Waals surface area contributed by atoms with Crippen molar-refractivity contribution in [3.8, 4) is 11.1 Å². The molecule has 1 aliphatic carbocycles. The summed E-state index contributed by atoms with van der Waals surface area (Å²) in [6.07, 6.45) is 7.66. The van der Waals surface area contributed by atoms with E-state index in [0.717, 1.165) is 29.2 Å². The van der Waals surface area contributed by atoms with Crippen molar-refractivity contribution in [1.29, 1.82) is 0 Å². The third-order valence-corrected chi connectivity index (χ3v) is 7.01. The Morgan fingerprint density at radius 1 is 0.844 bits per heavy atom. The number of hydrogen-bond donors (Lipinski definition) is 1. The fourth-order valence-electron chi connectivity index (χ4n) is 5.22. The molecular weight excluding hydrogens is 392 g/mol. The van der Waals surface area contributed by atoms with Gasteiger partial charge in [-0.25, -0.2) is 0 Å². The van der Waals surface area contributed by atoms with Gasteiger partial charge in [0.25, 0.3) is 5.91 Å². The van der Waals surface area contributed by atoms with Gasteiger partial charge in [0.15, 0.2) is 0 Å². The molecule has 0 aromatic heterocycles. The van der Waals surface area contributed by atoms with Crippen molar-refractivity contribution in [3.63, 3.8) is 0 Å². The van der Waals surface area contributed by atoms with Crippen LogP contribution < -0.4 is 5.32 Å². The number of piperidine rings is 1. The highest BCUT2D eigenvalue weighted by Gasteiger charge is 2.22. The molecular formula is C29H32N2O. The summed E-state index contributed by atoms with van der Waals surface area (Å²) in [4.78, 5) is 15.5. The van der Waals surface area contributed by atoms with Crippen molar-refractivity contribution < 1.29 is 4.79 Å². The normalized spacial score (nSPS) is 18.7. The van der Waals surface area contributed by atoms with Gasteiger partial charge in [0, 0.05) is 17.8 Å². The fraction of sp³-hybridized carbons (Fsp3) is 0.345. The summed E-state index contributed by atoms with van der Waals surface area (Å²) in [5.74, 6) is 0.715. The number of nitrogens with zero attached hydrogens (tertiary/aromatic N) is 1. The molecule has 0 bridgehead atoms. The lowest BCUT2D eigenvalue weighted by atomic mass is 9.83. The van der Waals surface area contributed by atoms with E-state index in [4.69, 9.17) is 0 Å². The predicted octanol–water partition coefficient (Wildman–Crippen LogP) is 6.20. The van der Waals surface area contributed by atoms with Crippen molar-refractivity contribution in [3.05, 3.63) is 89.5 Å². The van der Waals surface area contributed by atoms with Crippen LogP contribution in [0.1, 0.15) is 47.2 Å². The summed E-state index contributed by atoms with van der Waals surface area (Å²) in [5, 5.41) is 3.10. The molecule has 2 aliphatic rings. The number of rotatable bonds is 5. The van der Waals surface area contributed by atoms with Crippen LogP contribution in [0.2, 0.25) is 0 Å². The van der Waals surface area contributed by atoms with Gasteiger partial charge in [-0.2, -0.15) is 0 Å². The SMILES string of the molecule is O=C(Nc1ccc2c(c1)CCC(CN1CCCCC1)C2)c1ccc(-c2ccccc2)cc1. The molecule has 3 heteroatoms. The second kappa shape index (κ2) is 9.70. The number of benzene rings is 3. The van der Waals surface area contributed by atoms with Gasteiger partial charge in [-0.05, 0) is 97.6 Å². The molecule has 1 atom stereocenters. The molecule has 0 saturated carbocycles. The highest BCUT2D eigenvalue weighted by Crippen LogP contribution is 2.29. The maximum atomic E-state index is 12.8. The first-order chi connectivity index (χ1) is 15.7. The first-order valence-electron chi connectivity index (χ1n) is 12.1. The monoisotopic (exact) mass is 424 g/mol. The van der Waals surface area contributed by atoms with Crippen LogP contribution in [0, 0.1) is 5.92 Å². The molecule has 1 saturated heterocycles. The van der Waals surface area contributed by atoms with Crippen LogP contribution in [0.4, 0.5) is 5.69 Å². The van der Waals surface area contributed by atoms with Crippen LogP contribution in [0.5, 0.6) is 0 Å². The van der Waals surface area contributed by atoms with Crippen LogP contribution in [0.3, 0.4) is 0 Å². The zero-order chi connectivity index (χ0) is 21.8. The van der Waals surface area contributed by atoms with Crippen molar-refractivity contribution in [2.45, 2.75) is 38.5 Å². The van der Waals surface area contributed by atoms with Gasteiger partial charge in [0.1, 0.15) is 0 Å². The quantitative estimate of drug-likeness (QED) is 0.529. The van der Waals surface area contributed by atoms with E-state index >= 15 is 0 Å². The van der Waals surface area contributed by atoms with E-state index in [1.165, 1.54) is 62.9 Å². The summed E-state index contributed by atoms with van der Waals surface area (Å²) in [7, 11) is 0. The number of anilines is 1. The first kappa shape index (κ1) is 21.0. The molecule has 164 valence electrons. The van der Waals surface area contributed by atoms with Crippen LogP contribution in [0.25, 0.3) is 11.1 Å². The lowest BCUT2D eigenvalue weighted by Crippen LogP contribution is -2.36. The summed E-state index contributed by atoms with van der Waals surface area (Å²) < 4.78 is 0. The zero-order valence-corrected chi connectivity index (χ0v) is 18.7. The minimum atomic E-state index is -0.0525. The molecule has 3 aromatic carbocycles. The number of likely N-dealkylation sites (tertiary alicyclic amines) is 1. The summed E-state index contributed by atoms with van der Waals surface area (Å²) >= 11 is 0. The second-order valence-corrected chi connectivity index (χ2v) is 9.35. The number of carbonyl (C=O) groups is 1. The molecule has 1 N–H and O–H groups in total. The first-order valence-corrected chi connectivity index (χ1v) is 12.1. The van der Waals surface area contributed by atoms with Gasteiger partial charge >= 0.3 is 0 Å². The van der Waals surface area contributed by atoms with E-state index in [1.807, 2.05) is 42.5 Å². The number of fused-ring (bicyclic) bond motifs is 1. The molecule has 1 heterocycles. The molecule has 0 spiro atoms. The highest BCUT2D eigenvalue weighted by atomic mass is 16.1. The van der Waals surface area contributed by atoms with Gasteiger partial charge in [0.2, 0.25) is 0 Å².